The van der Waals surface area contributed by atoms with Crippen LogP contribution in [0.1, 0.15) is 19.8 Å². The van der Waals surface area contributed by atoms with Crippen LogP contribution in [0.4, 0.5) is 0 Å². The third-order valence-corrected chi connectivity index (χ3v) is 4.17. The fourth-order valence-electron chi connectivity index (χ4n) is 2.00. The fourth-order valence-corrected chi connectivity index (χ4v) is 2.70. The molecule has 0 spiro atoms. The topological polar surface area (TPSA) is 105 Å². The third kappa shape index (κ3) is 5.18. The fraction of sp³-hybridized carbons (Fsp3) is 1.00. The van der Waals surface area contributed by atoms with Gasteiger partial charge in [0, 0.05) is 18.9 Å². The molecule has 1 rings (SSSR count). The number of aliphatic hydroxyl groups is 3. The Morgan fingerprint density at radius 1 is 1.21 bits per heavy atom. The molecule has 0 aliphatic carbocycles. The van der Waals surface area contributed by atoms with E-state index in [4.69, 9.17) is 15.2 Å². The zero-order valence-corrected chi connectivity index (χ0v) is 12.1. The Bertz CT molecular complexity index is 246. The van der Waals surface area contributed by atoms with Gasteiger partial charge in [-0.1, -0.05) is 6.92 Å². The third-order valence-electron chi connectivity index (χ3n) is 3.07. The summed E-state index contributed by atoms with van der Waals surface area (Å²) < 4.78 is 10.6. The molecule has 0 saturated carbocycles. The lowest BCUT2D eigenvalue weighted by Crippen LogP contribution is -2.58. The van der Waals surface area contributed by atoms with Crippen molar-refractivity contribution >= 4 is 11.8 Å². The van der Waals surface area contributed by atoms with Crippen molar-refractivity contribution in [2.24, 2.45) is 5.73 Å². The lowest BCUT2D eigenvalue weighted by Gasteiger charge is -2.40. The van der Waals surface area contributed by atoms with E-state index in [0.717, 1.165) is 17.9 Å². The quantitative estimate of drug-likeness (QED) is 0.439. The lowest BCUT2D eigenvalue weighted by atomic mass is 9.97. The highest BCUT2D eigenvalue weighted by molar-refractivity contribution is 7.99. The first kappa shape index (κ1) is 17.2. The molecule has 0 aromatic carbocycles. The summed E-state index contributed by atoms with van der Waals surface area (Å²) in [5.41, 5.74) is 5.38. The van der Waals surface area contributed by atoms with E-state index in [1.54, 1.807) is 11.8 Å². The molecule has 6 nitrogen and oxygen atoms in total. The van der Waals surface area contributed by atoms with Crippen molar-refractivity contribution in [1.82, 2.24) is 0 Å². The standard InChI is InChI=1S/C12H25NO5S/c1-2-8-9(14)10(15)11(12(16)18-8)17-5-3-6-19-7-4-13/h8-12,14-16H,2-7,13H2,1H3/t8?,9-,10+,11?,12+/m1/s1. The van der Waals surface area contributed by atoms with Crippen molar-refractivity contribution in [3.8, 4) is 0 Å². The maximum absolute atomic E-state index is 9.91. The molecule has 1 aliphatic heterocycles. The predicted molar refractivity (Wildman–Crippen MR) is 73.9 cm³/mol. The zero-order chi connectivity index (χ0) is 14.3. The monoisotopic (exact) mass is 295 g/mol. The van der Waals surface area contributed by atoms with Crippen LogP contribution < -0.4 is 5.73 Å². The number of nitrogens with two attached hydrogens (primary N) is 1. The van der Waals surface area contributed by atoms with Crippen LogP contribution in [0.25, 0.3) is 0 Å². The Morgan fingerprint density at radius 2 is 1.95 bits per heavy atom. The van der Waals surface area contributed by atoms with Gasteiger partial charge in [-0.25, -0.2) is 0 Å². The van der Waals surface area contributed by atoms with Gasteiger partial charge in [0.25, 0.3) is 0 Å². The SMILES string of the molecule is CCC1O[C@H](O)C(OCCCSCCN)[C@@H](O)[C@@H]1O. The second kappa shape index (κ2) is 9.12. The van der Waals surface area contributed by atoms with E-state index in [0.29, 0.717) is 19.6 Å². The highest BCUT2D eigenvalue weighted by atomic mass is 32.2. The van der Waals surface area contributed by atoms with Crippen LogP contribution in [0.5, 0.6) is 0 Å². The molecule has 1 heterocycles. The van der Waals surface area contributed by atoms with E-state index in [2.05, 4.69) is 0 Å². The van der Waals surface area contributed by atoms with Crippen LogP contribution >= 0.6 is 11.8 Å². The Hall–Kier alpha value is 0.110. The smallest absolute Gasteiger partial charge is 0.184 e. The van der Waals surface area contributed by atoms with E-state index in [9.17, 15) is 15.3 Å². The van der Waals surface area contributed by atoms with Gasteiger partial charge in [0.15, 0.2) is 6.29 Å². The molecular formula is C12H25NO5S. The highest BCUT2D eigenvalue weighted by Crippen LogP contribution is 2.24. The molecule has 0 amide bonds. The van der Waals surface area contributed by atoms with Gasteiger partial charge >= 0.3 is 0 Å². The van der Waals surface area contributed by atoms with Crippen LogP contribution in [0.15, 0.2) is 0 Å². The number of aliphatic hydroxyl groups excluding tert-OH is 3. The second-order valence-electron chi connectivity index (χ2n) is 4.54. The van der Waals surface area contributed by atoms with Crippen LogP contribution in [-0.2, 0) is 9.47 Å². The molecular weight excluding hydrogens is 270 g/mol. The summed E-state index contributed by atoms with van der Waals surface area (Å²) in [5.74, 6) is 1.83. The molecule has 7 heteroatoms. The first-order valence-corrected chi connectivity index (χ1v) is 7.86. The molecule has 1 saturated heterocycles. The summed E-state index contributed by atoms with van der Waals surface area (Å²) in [5, 5.41) is 29.5. The average Bonchev–Trinajstić information content (AvgIpc) is 2.41. The maximum Gasteiger partial charge on any atom is 0.184 e. The van der Waals surface area contributed by atoms with Gasteiger partial charge in [-0.3, -0.25) is 0 Å². The zero-order valence-electron chi connectivity index (χ0n) is 11.3. The van der Waals surface area contributed by atoms with E-state index >= 15 is 0 Å². The van der Waals surface area contributed by atoms with Gasteiger partial charge in [-0.15, -0.1) is 0 Å². The Morgan fingerprint density at radius 3 is 2.58 bits per heavy atom. The summed E-state index contributed by atoms with van der Waals surface area (Å²) in [6.07, 6.45) is -3.45. The number of rotatable bonds is 8. The molecule has 0 bridgehead atoms. The summed E-state index contributed by atoms with van der Waals surface area (Å²) >= 11 is 1.74. The second-order valence-corrected chi connectivity index (χ2v) is 5.77. The van der Waals surface area contributed by atoms with Gasteiger partial charge in [-0.05, 0) is 18.6 Å². The normalized spacial score (nSPS) is 35.5. The largest absolute Gasteiger partial charge is 0.388 e. The number of ether oxygens (including phenoxy) is 2. The summed E-state index contributed by atoms with van der Waals surface area (Å²) in [7, 11) is 0. The van der Waals surface area contributed by atoms with Gasteiger partial charge < -0.3 is 30.5 Å². The highest BCUT2D eigenvalue weighted by Gasteiger charge is 2.43. The average molecular weight is 295 g/mol. The Labute approximate surface area is 118 Å². The first-order valence-electron chi connectivity index (χ1n) is 6.70. The Kier molecular flexibility index (Phi) is 8.24. The van der Waals surface area contributed by atoms with Crippen molar-refractivity contribution in [2.45, 2.75) is 50.5 Å². The van der Waals surface area contributed by atoms with Gasteiger partial charge in [0.1, 0.15) is 18.3 Å². The molecule has 114 valence electrons. The van der Waals surface area contributed by atoms with Gasteiger partial charge in [-0.2, -0.15) is 11.8 Å². The van der Waals surface area contributed by atoms with Crippen molar-refractivity contribution in [2.75, 3.05) is 24.7 Å². The minimum atomic E-state index is -1.19. The minimum Gasteiger partial charge on any atom is -0.388 e. The predicted octanol–water partition coefficient (Wildman–Crippen LogP) is -0.697. The molecule has 1 fully saturated rings. The molecule has 0 aromatic rings. The van der Waals surface area contributed by atoms with Crippen molar-refractivity contribution in [3.05, 3.63) is 0 Å². The molecule has 0 radical (unpaired) electrons. The van der Waals surface area contributed by atoms with Gasteiger partial charge in [0.2, 0.25) is 0 Å². The van der Waals surface area contributed by atoms with E-state index < -0.39 is 30.7 Å². The van der Waals surface area contributed by atoms with Gasteiger partial charge in [0.05, 0.1) is 6.10 Å². The maximum atomic E-state index is 9.91. The summed E-state index contributed by atoms with van der Waals surface area (Å²) in [4.78, 5) is 0. The van der Waals surface area contributed by atoms with E-state index in [1.165, 1.54) is 0 Å². The Balaban J connectivity index is 2.28. The number of thioether (sulfide) groups is 1. The van der Waals surface area contributed by atoms with Crippen LogP contribution in [0.2, 0.25) is 0 Å². The van der Waals surface area contributed by atoms with Crippen molar-refractivity contribution in [3.63, 3.8) is 0 Å². The molecule has 2 unspecified atom stereocenters. The molecule has 1 aliphatic rings. The number of hydrogen-bond acceptors (Lipinski definition) is 7. The lowest BCUT2D eigenvalue weighted by molar-refractivity contribution is -0.292. The van der Waals surface area contributed by atoms with Crippen LogP contribution in [0, 0.1) is 0 Å². The van der Waals surface area contributed by atoms with Crippen molar-refractivity contribution < 1.29 is 24.8 Å². The molecule has 19 heavy (non-hydrogen) atoms. The number of hydrogen-bond donors (Lipinski definition) is 4. The van der Waals surface area contributed by atoms with Crippen LogP contribution in [0.3, 0.4) is 0 Å². The minimum absolute atomic E-state index is 0.406. The summed E-state index contributed by atoms with van der Waals surface area (Å²) in [6.45, 7) is 2.89. The molecule has 0 aromatic heterocycles. The molecule has 5 N–H and O–H groups in total. The van der Waals surface area contributed by atoms with E-state index in [1.807, 2.05) is 6.92 Å². The van der Waals surface area contributed by atoms with E-state index in [-0.39, 0.29) is 0 Å². The van der Waals surface area contributed by atoms with Crippen LogP contribution in [-0.4, -0.2) is 70.7 Å². The van der Waals surface area contributed by atoms with Crippen molar-refractivity contribution in [1.29, 1.82) is 0 Å². The first-order chi connectivity index (χ1) is 9.11. The molecule has 5 atom stereocenters. The summed E-state index contributed by atoms with van der Waals surface area (Å²) in [6, 6.07) is 0.